The molecule has 0 aromatic rings. The molecule has 0 spiro atoms. The van der Waals surface area contributed by atoms with Crippen LogP contribution in [0, 0.1) is 0 Å². The van der Waals surface area contributed by atoms with E-state index in [1.165, 1.54) is 0 Å². The molecule has 0 aliphatic heterocycles. The van der Waals surface area contributed by atoms with E-state index in [0.717, 1.165) is 18.9 Å². The number of carbonyl (C=O) groups is 4. The van der Waals surface area contributed by atoms with Crippen LogP contribution in [0.1, 0.15) is 0 Å². The zero-order valence-electron chi connectivity index (χ0n) is 9.44. The molecule has 0 radical (unpaired) electrons. The van der Waals surface area contributed by atoms with Crippen LogP contribution in [-0.4, -0.2) is 54.2 Å². The number of carboxylic acids is 1. The van der Waals surface area contributed by atoms with Crippen molar-refractivity contribution in [1.29, 1.82) is 0 Å². The second kappa shape index (κ2) is 13.1. The SMILES string of the molecule is O=C(O)C[N-]C(=O)C[N-]C(=O)C[N-]C(=O)C[S-].[O]=[99Tc+4]. The number of nitrogens with zero attached hydrogens (tertiary/aromatic N) is 3. The van der Waals surface area contributed by atoms with Crippen molar-refractivity contribution in [2.45, 2.75) is 0 Å². The van der Waals surface area contributed by atoms with Gasteiger partial charge in [-0.15, -0.1) is 5.75 Å². The Hall–Kier alpha value is -1.32. The standard InChI is InChI=1S/C8H13N3O5S.O.Tc/c12-5(2-10-7(14)4-17)9-1-6(13)11-3-8(15)16;;/h1-4H2,(H5,9,10,11,12,13,14,15,16,17);;/q;;+4/p-4/i;;1+1. The van der Waals surface area contributed by atoms with Crippen LogP contribution in [0.15, 0.2) is 0 Å². The monoisotopic (exact) mass is 374 g/mol. The fraction of sp³-hybridized carbons (Fsp3) is 0.500. The fourth-order valence-electron chi connectivity index (χ4n) is 0.613. The molecular formula is C8H9N3O6STc. The third-order valence-electron chi connectivity index (χ3n) is 1.30. The van der Waals surface area contributed by atoms with Gasteiger partial charge in [0.25, 0.3) is 5.97 Å². The average molecular weight is 374 g/mol. The van der Waals surface area contributed by atoms with Gasteiger partial charge in [-0.2, -0.15) is 0 Å². The third kappa shape index (κ3) is 14.6. The normalized spacial score (nSPS) is 8.58. The molecule has 0 saturated carbocycles. The van der Waals surface area contributed by atoms with Crippen molar-refractivity contribution >= 4 is 36.3 Å². The number of amides is 3. The summed E-state index contributed by atoms with van der Waals surface area (Å²) in [5.74, 6) is -3.67. The van der Waals surface area contributed by atoms with Gasteiger partial charge < -0.3 is 48.1 Å². The van der Waals surface area contributed by atoms with Crippen molar-refractivity contribution in [3.8, 4) is 0 Å². The summed E-state index contributed by atoms with van der Waals surface area (Å²) in [6, 6.07) is 0. The first-order chi connectivity index (χ1) is 8.95. The van der Waals surface area contributed by atoms with Crippen LogP contribution in [0.5, 0.6) is 0 Å². The molecule has 11 heteroatoms. The predicted molar refractivity (Wildman–Crippen MR) is 60.3 cm³/mol. The van der Waals surface area contributed by atoms with Crippen molar-refractivity contribution in [3.63, 3.8) is 0 Å². The van der Waals surface area contributed by atoms with Gasteiger partial charge in [0.05, 0.1) is 0 Å². The van der Waals surface area contributed by atoms with Crippen molar-refractivity contribution in [2.24, 2.45) is 0 Å². The number of rotatable bonds is 7. The second-order valence-corrected chi connectivity index (χ2v) is 2.96. The first-order valence-electron chi connectivity index (χ1n) is 4.52. The van der Waals surface area contributed by atoms with E-state index in [1.54, 1.807) is 0 Å². The van der Waals surface area contributed by atoms with Gasteiger partial charge >= 0.3 is 22.4 Å². The molecule has 0 heterocycles. The van der Waals surface area contributed by atoms with Crippen LogP contribution in [0.25, 0.3) is 16.0 Å². The molecule has 0 aliphatic carbocycles. The summed E-state index contributed by atoms with van der Waals surface area (Å²) in [5.41, 5.74) is 0. The number of aliphatic carboxylic acids is 1. The number of carboxylic acid groups (broad SMARTS) is 1. The molecule has 105 valence electrons. The summed E-state index contributed by atoms with van der Waals surface area (Å²) in [7, 11) is 0. The van der Waals surface area contributed by atoms with E-state index in [1.807, 2.05) is 0 Å². The van der Waals surface area contributed by atoms with Crippen LogP contribution in [-0.2, 0) is 54.2 Å². The van der Waals surface area contributed by atoms with Crippen molar-refractivity contribution in [3.05, 3.63) is 16.0 Å². The summed E-state index contributed by atoms with van der Waals surface area (Å²) in [4.78, 5) is 42.5. The van der Waals surface area contributed by atoms with E-state index >= 15 is 0 Å². The first-order valence-corrected chi connectivity index (χ1v) is 5.85. The van der Waals surface area contributed by atoms with Crippen molar-refractivity contribution < 1.29 is 46.6 Å². The number of hydrogen-bond acceptors (Lipinski definition) is 6. The predicted octanol–water partition coefficient (Wildman–Crippen LogP) is -0.803. The topological polar surface area (TPSA) is 148 Å². The molecule has 0 bridgehead atoms. The van der Waals surface area contributed by atoms with Crippen LogP contribution >= 0.6 is 0 Å². The maximum absolute atomic E-state index is 10.9. The minimum atomic E-state index is -1.25. The van der Waals surface area contributed by atoms with E-state index in [0.29, 0.717) is 0 Å². The second-order valence-electron chi connectivity index (χ2n) is 2.67. The van der Waals surface area contributed by atoms with Crippen LogP contribution < -0.4 is 0 Å². The average Bonchev–Trinajstić information content (AvgIpc) is 2.42. The molecule has 0 aromatic carbocycles. The summed E-state index contributed by atoms with van der Waals surface area (Å²) < 4.78 is 8.22. The molecule has 0 aromatic heterocycles. The summed E-state index contributed by atoms with van der Waals surface area (Å²) in [6.07, 6.45) is 0. The molecule has 9 nitrogen and oxygen atoms in total. The van der Waals surface area contributed by atoms with Crippen molar-refractivity contribution in [2.75, 3.05) is 25.4 Å². The Balaban J connectivity index is 0. The molecule has 3 amide bonds. The molecule has 0 fully saturated rings. The van der Waals surface area contributed by atoms with Gasteiger partial charge in [0.2, 0.25) is 0 Å². The Morgan fingerprint density at radius 2 is 1.21 bits per heavy atom. The van der Waals surface area contributed by atoms with Gasteiger partial charge in [0, 0.05) is 17.7 Å². The maximum atomic E-state index is 10.9. The molecular weight excluding hydrogens is 365 g/mol. The van der Waals surface area contributed by atoms with Crippen LogP contribution in [0.3, 0.4) is 0 Å². The Kier molecular flexibility index (Phi) is 13.8. The van der Waals surface area contributed by atoms with Gasteiger partial charge in [-0.25, -0.2) is 0 Å². The number of hydrogen-bond donors (Lipinski definition) is 1. The summed E-state index contributed by atoms with van der Waals surface area (Å²) >= 11 is 5.28. The summed E-state index contributed by atoms with van der Waals surface area (Å²) in [6.45, 7) is -1.69. The Labute approximate surface area is 124 Å². The Morgan fingerprint density at radius 3 is 1.58 bits per heavy atom. The van der Waals surface area contributed by atoms with Gasteiger partial charge in [0.15, 0.2) is 0 Å². The summed E-state index contributed by atoms with van der Waals surface area (Å²) in [5, 5.41) is 17.8. The van der Waals surface area contributed by atoms with Gasteiger partial charge in [-0.05, 0) is 6.54 Å². The zero-order chi connectivity index (χ0) is 15.3. The quantitative estimate of drug-likeness (QED) is 0.574. The van der Waals surface area contributed by atoms with Crippen molar-refractivity contribution in [1.82, 2.24) is 0 Å². The van der Waals surface area contributed by atoms with E-state index in [9.17, 15) is 19.2 Å². The van der Waals surface area contributed by atoms with Crippen LogP contribution in [0.2, 0.25) is 0 Å². The Morgan fingerprint density at radius 1 is 0.842 bits per heavy atom. The minimum absolute atomic E-state index is 0.222. The molecule has 0 rings (SSSR count). The van der Waals surface area contributed by atoms with E-state index in [4.69, 9.17) is 8.61 Å². The van der Waals surface area contributed by atoms with E-state index in [-0.39, 0.29) is 5.75 Å². The zero-order valence-corrected chi connectivity index (χ0v) is 12.1. The van der Waals surface area contributed by atoms with E-state index < -0.39 is 43.3 Å². The van der Waals surface area contributed by atoms with Gasteiger partial charge in [0.1, 0.15) is 0 Å². The molecule has 0 unspecified atom stereocenters. The molecule has 0 aliphatic rings. The fourth-order valence-corrected chi connectivity index (χ4v) is 0.704. The molecule has 0 atom stereocenters. The van der Waals surface area contributed by atoms with Gasteiger partial charge in [-0.3, -0.25) is 4.79 Å². The van der Waals surface area contributed by atoms with E-state index in [2.05, 4.69) is 28.6 Å². The van der Waals surface area contributed by atoms with Crippen LogP contribution in [0.4, 0.5) is 0 Å². The molecule has 19 heavy (non-hydrogen) atoms. The third-order valence-corrected chi connectivity index (χ3v) is 1.54. The molecule has 0 saturated heterocycles. The molecule has 1 N–H and O–H groups in total. The van der Waals surface area contributed by atoms with Gasteiger partial charge in [-0.1, -0.05) is 13.1 Å². The Bertz CT molecular complexity index is 340. The number of carbonyl (C=O) groups excluding carboxylic acids is 3. The first kappa shape index (κ1) is 20.0.